The third kappa shape index (κ3) is 4.11. The number of rotatable bonds is 5. The fraction of sp³-hybridized carbons (Fsp3) is 0.263. The Morgan fingerprint density at radius 2 is 1.96 bits per heavy atom. The largest absolute Gasteiger partial charge is 0.493 e. The number of halogens is 1. The predicted octanol–water partition coefficient (Wildman–Crippen LogP) is 3.09. The lowest BCUT2D eigenvalue weighted by Gasteiger charge is -2.21. The fourth-order valence-electron chi connectivity index (χ4n) is 2.73. The Morgan fingerprint density at radius 1 is 1.19 bits per heavy atom. The first-order chi connectivity index (χ1) is 12.6. The molecule has 0 aromatic heterocycles. The van der Waals surface area contributed by atoms with Gasteiger partial charge in [0.05, 0.1) is 7.11 Å². The number of hydrogen-bond donors (Lipinski definition) is 2. The van der Waals surface area contributed by atoms with Crippen LogP contribution in [0.25, 0.3) is 0 Å². The van der Waals surface area contributed by atoms with Crippen molar-refractivity contribution in [3.63, 3.8) is 0 Å². The second kappa shape index (κ2) is 7.86. The molecule has 3 rings (SSSR count). The lowest BCUT2D eigenvalue weighted by Crippen LogP contribution is -2.38. The number of ether oxygens (including phenoxy) is 2. The molecule has 136 valence electrons. The zero-order valence-corrected chi connectivity index (χ0v) is 14.3. The molecule has 0 spiro atoms. The zero-order valence-electron chi connectivity index (χ0n) is 14.3. The van der Waals surface area contributed by atoms with Crippen molar-refractivity contribution in [2.24, 2.45) is 5.92 Å². The smallest absolute Gasteiger partial charge is 0.228 e. The SMILES string of the molecule is COc1ccccc1Oc1ccc(NC(=O)C2CCNC(=O)C2)cc1F. The second-order valence-corrected chi connectivity index (χ2v) is 5.93. The van der Waals surface area contributed by atoms with Crippen LogP contribution < -0.4 is 20.1 Å². The van der Waals surface area contributed by atoms with Gasteiger partial charge in [0.15, 0.2) is 23.1 Å². The molecule has 0 bridgehead atoms. The van der Waals surface area contributed by atoms with Crippen molar-refractivity contribution in [1.82, 2.24) is 5.32 Å². The van der Waals surface area contributed by atoms with E-state index in [0.29, 0.717) is 30.2 Å². The highest BCUT2D eigenvalue weighted by molar-refractivity contribution is 5.95. The van der Waals surface area contributed by atoms with Crippen LogP contribution in [0.2, 0.25) is 0 Å². The minimum Gasteiger partial charge on any atom is -0.493 e. The molecule has 1 heterocycles. The van der Waals surface area contributed by atoms with Crippen molar-refractivity contribution in [2.45, 2.75) is 12.8 Å². The minimum absolute atomic E-state index is 0.0181. The third-order valence-electron chi connectivity index (χ3n) is 4.11. The van der Waals surface area contributed by atoms with E-state index in [4.69, 9.17) is 9.47 Å². The van der Waals surface area contributed by atoms with E-state index in [1.165, 1.54) is 19.2 Å². The standard InChI is InChI=1S/C19H19FN2O4/c1-25-16-4-2-3-5-17(16)26-15-7-6-13(11-14(15)20)22-19(24)12-8-9-21-18(23)10-12/h2-7,11-12H,8-10H2,1H3,(H,21,23)(H,22,24). The van der Waals surface area contributed by atoms with Gasteiger partial charge >= 0.3 is 0 Å². The van der Waals surface area contributed by atoms with Gasteiger partial charge in [-0.05, 0) is 30.7 Å². The molecule has 2 N–H and O–H groups in total. The average Bonchev–Trinajstić information content (AvgIpc) is 2.64. The van der Waals surface area contributed by atoms with E-state index in [0.717, 1.165) is 0 Å². The summed E-state index contributed by atoms with van der Waals surface area (Å²) in [6.45, 7) is 0.469. The fourth-order valence-corrected chi connectivity index (χ4v) is 2.73. The van der Waals surface area contributed by atoms with Gasteiger partial charge in [-0.15, -0.1) is 0 Å². The van der Waals surface area contributed by atoms with E-state index in [9.17, 15) is 14.0 Å². The highest BCUT2D eigenvalue weighted by Crippen LogP contribution is 2.33. The molecule has 2 amide bonds. The van der Waals surface area contributed by atoms with Crippen LogP contribution in [0.15, 0.2) is 42.5 Å². The number of anilines is 1. The van der Waals surface area contributed by atoms with Gasteiger partial charge in [-0.3, -0.25) is 9.59 Å². The second-order valence-electron chi connectivity index (χ2n) is 5.93. The molecule has 1 saturated heterocycles. The van der Waals surface area contributed by atoms with E-state index in [1.807, 2.05) is 0 Å². The quantitative estimate of drug-likeness (QED) is 0.861. The van der Waals surface area contributed by atoms with Crippen LogP contribution in [0.1, 0.15) is 12.8 Å². The van der Waals surface area contributed by atoms with Crippen molar-refractivity contribution in [3.8, 4) is 17.2 Å². The van der Waals surface area contributed by atoms with Crippen molar-refractivity contribution < 1.29 is 23.5 Å². The molecule has 1 aliphatic rings. The van der Waals surface area contributed by atoms with Crippen molar-refractivity contribution in [2.75, 3.05) is 19.0 Å². The summed E-state index contributed by atoms with van der Waals surface area (Å²) in [5, 5.41) is 5.32. The molecule has 1 aliphatic heterocycles. The lowest BCUT2D eigenvalue weighted by atomic mass is 9.96. The molecule has 1 atom stereocenters. The van der Waals surface area contributed by atoms with Gasteiger partial charge in [0.2, 0.25) is 11.8 Å². The van der Waals surface area contributed by atoms with Gasteiger partial charge in [0.25, 0.3) is 0 Å². The monoisotopic (exact) mass is 358 g/mol. The van der Waals surface area contributed by atoms with Gasteiger partial charge in [-0.25, -0.2) is 4.39 Å². The molecule has 0 radical (unpaired) electrons. The van der Waals surface area contributed by atoms with Crippen LogP contribution in [0, 0.1) is 11.7 Å². The summed E-state index contributed by atoms with van der Waals surface area (Å²) in [5.41, 5.74) is 0.311. The Bertz CT molecular complexity index is 825. The first kappa shape index (κ1) is 17.7. The molecule has 1 fully saturated rings. The van der Waals surface area contributed by atoms with Gasteiger partial charge in [-0.2, -0.15) is 0 Å². The molecule has 0 aliphatic carbocycles. The number of nitrogens with one attached hydrogen (secondary N) is 2. The molecule has 6 nitrogen and oxygen atoms in total. The normalized spacial score (nSPS) is 16.5. The van der Waals surface area contributed by atoms with E-state index in [1.54, 1.807) is 30.3 Å². The molecule has 26 heavy (non-hydrogen) atoms. The first-order valence-corrected chi connectivity index (χ1v) is 8.25. The van der Waals surface area contributed by atoms with Crippen LogP contribution in [-0.4, -0.2) is 25.5 Å². The van der Waals surface area contributed by atoms with E-state index < -0.39 is 11.7 Å². The molecular formula is C19H19FN2O4. The summed E-state index contributed by atoms with van der Waals surface area (Å²) < 4.78 is 25.1. The lowest BCUT2D eigenvalue weighted by molar-refractivity contribution is -0.129. The van der Waals surface area contributed by atoms with E-state index in [2.05, 4.69) is 10.6 Å². The number of piperidine rings is 1. The maximum absolute atomic E-state index is 14.3. The molecule has 0 saturated carbocycles. The molecule has 2 aromatic carbocycles. The summed E-state index contributed by atoms with van der Waals surface area (Å²) in [6, 6.07) is 11.1. The summed E-state index contributed by atoms with van der Waals surface area (Å²) in [7, 11) is 1.50. The maximum Gasteiger partial charge on any atom is 0.228 e. The minimum atomic E-state index is -0.616. The number of para-hydroxylation sites is 2. The Hall–Kier alpha value is -3.09. The number of amides is 2. The van der Waals surface area contributed by atoms with Crippen molar-refractivity contribution in [3.05, 3.63) is 48.3 Å². The highest BCUT2D eigenvalue weighted by Gasteiger charge is 2.25. The van der Waals surface area contributed by atoms with E-state index >= 15 is 0 Å². The Balaban J connectivity index is 1.69. The molecule has 7 heteroatoms. The van der Waals surface area contributed by atoms with Gasteiger partial charge in [0, 0.05) is 30.6 Å². The zero-order chi connectivity index (χ0) is 18.5. The summed E-state index contributed by atoms with van der Waals surface area (Å²) in [5.74, 6) is -0.574. The van der Waals surface area contributed by atoms with Crippen LogP contribution in [0.3, 0.4) is 0 Å². The van der Waals surface area contributed by atoms with Crippen LogP contribution in [0.4, 0.5) is 10.1 Å². The van der Waals surface area contributed by atoms with Crippen molar-refractivity contribution in [1.29, 1.82) is 0 Å². The number of carbonyl (C=O) groups excluding carboxylic acids is 2. The molecule has 2 aromatic rings. The highest BCUT2D eigenvalue weighted by atomic mass is 19.1. The van der Waals surface area contributed by atoms with Gasteiger partial charge < -0.3 is 20.1 Å². The summed E-state index contributed by atoms with van der Waals surface area (Å²) in [6.07, 6.45) is 0.707. The molecule has 1 unspecified atom stereocenters. The maximum atomic E-state index is 14.3. The topological polar surface area (TPSA) is 76.7 Å². The van der Waals surface area contributed by atoms with Crippen LogP contribution >= 0.6 is 0 Å². The van der Waals surface area contributed by atoms with Crippen molar-refractivity contribution >= 4 is 17.5 Å². The average molecular weight is 358 g/mol. The Morgan fingerprint density at radius 3 is 2.65 bits per heavy atom. The van der Waals surface area contributed by atoms with Crippen LogP contribution in [-0.2, 0) is 9.59 Å². The number of carbonyl (C=O) groups is 2. The van der Waals surface area contributed by atoms with Gasteiger partial charge in [-0.1, -0.05) is 12.1 Å². The Kier molecular flexibility index (Phi) is 5.36. The predicted molar refractivity (Wildman–Crippen MR) is 93.8 cm³/mol. The number of benzene rings is 2. The van der Waals surface area contributed by atoms with E-state index in [-0.39, 0.29) is 24.0 Å². The molecular weight excluding hydrogens is 339 g/mol. The number of hydrogen-bond acceptors (Lipinski definition) is 4. The Labute approximate surface area is 150 Å². The summed E-state index contributed by atoms with van der Waals surface area (Å²) >= 11 is 0. The third-order valence-corrected chi connectivity index (χ3v) is 4.11. The number of methoxy groups -OCH3 is 1. The van der Waals surface area contributed by atoms with Gasteiger partial charge in [0.1, 0.15) is 0 Å². The first-order valence-electron chi connectivity index (χ1n) is 8.25. The summed E-state index contributed by atoms with van der Waals surface area (Å²) in [4.78, 5) is 23.6. The van der Waals surface area contributed by atoms with Crippen LogP contribution in [0.5, 0.6) is 17.2 Å².